The summed E-state index contributed by atoms with van der Waals surface area (Å²) in [6.07, 6.45) is 8.03. The Labute approximate surface area is 125 Å². The van der Waals surface area contributed by atoms with Crippen molar-refractivity contribution in [2.24, 2.45) is 0 Å². The van der Waals surface area contributed by atoms with Crippen molar-refractivity contribution in [3.8, 4) is 0 Å². The fraction of sp³-hybridized carbons (Fsp3) is 1.00. The normalized spacial score (nSPS) is 12.9. The largest absolute Gasteiger partial charge is 0.397 e. The summed E-state index contributed by atoms with van der Waals surface area (Å²) in [6.45, 7) is 11.8. The number of nitrogens with zero attached hydrogens (tertiary/aromatic N) is 1. The third kappa shape index (κ3) is 15.9. The zero-order valence-electron chi connectivity index (χ0n) is 13.8. The minimum atomic E-state index is -4.16. The molecule has 1 unspecified atom stereocenters. The van der Waals surface area contributed by atoms with E-state index in [1.165, 1.54) is 51.6 Å². The lowest BCUT2D eigenvalue weighted by Gasteiger charge is -2.28. The Morgan fingerprint density at radius 2 is 1.45 bits per heavy atom. The Bertz CT molecular complexity index is 286. The number of hydrogen-bond acceptors (Lipinski definition) is 4. The number of hydrogen-bond donors (Lipinski definition) is 1. The molecule has 6 heteroatoms. The predicted molar refractivity (Wildman–Crippen MR) is 84.3 cm³/mol. The predicted octanol–water partition coefficient (Wildman–Crippen LogP) is 3.51. The molecule has 0 saturated carbocycles. The fourth-order valence-corrected chi connectivity index (χ4v) is 1.88. The minimum Gasteiger partial charge on any atom is -0.301 e. The second-order valence-corrected chi connectivity index (χ2v) is 6.16. The summed E-state index contributed by atoms with van der Waals surface area (Å²) in [5.74, 6) is 0. The molecular formula is C14H33NO4S. The van der Waals surface area contributed by atoms with Gasteiger partial charge in [-0.25, -0.2) is 0 Å². The molecule has 0 aliphatic rings. The highest BCUT2D eigenvalue weighted by Gasteiger charge is 2.11. The van der Waals surface area contributed by atoms with Crippen molar-refractivity contribution in [1.82, 2.24) is 4.90 Å². The Morgan fingerprint density at radius 1 is 1.05 bits per heavy atom. The molecule has 0 heterocycles. The van der Waals surface area contributed by atoms with Crippen LogP contribution in [-0.2, 0) is 14.6 Å². The molecule has 0 aromatic rings. The third-order valence-corrected chi connectivity index (χ3v) is 3.56. The van der Waals surface area contributed by atoms with Crippen LogP contribution in [0.3, 0.4) is 0 Å². The molecule has 0 rings (SSSR count). The van der Waals surface area contributed by atoms with E-state index in [9.17, 15) is 8.42 Å². The van der Waals surface area contributed by atoms with E-state index in [1.807, 2.05) is 0 Å². The van der Waals surface area contributed by atoms with E-state index in [4.69, 9.17) is 4.55 Å². The first-order valence-corrected chi connectivity index (χ1v) is 8.95. The molecule has 5 nitrogen and oxygen atoms in total. The van der Waals surface area contributed by atoms with Crippen molar-refractivity contribution >= 4 is 10.4 Å². The van der Waals surface area contributed by atoms with Gasteiger partial charge < -0.3 is 4.90 Å². The fourth-order valence-electron chi connectivity index (χ4n) is 1.88. The van der Waals surface area contributed by atoms with Gasteiger partial charge in [0.1, 0.15) is 0 Å². The first-order valence-electron chi connectivity index (χ1n) is 7.59. The van der Waals surface area contributed by atoms with Gasteiger partial charge >= 0.3 is 10.4 Å². The molecule has 124 valence electrons. The van der Waals surface area contributed by atoms with Crippen LogP contribution in [0.5, 0.6) is 0 Å². The Hall–Kier alpha value is -0.170. The molecule has 0 radical (unpaired) electrons. The molecule has 0 amide bonds. The zero-order chi connectivity index (χ0) is 16.0. The smallest absolute Gasteiger partial charge is 0.301 e. The maximum absolute atomic E-state index is 9.33. The van der Waals surface area contributed by atoms with Crippen LogP contribution in [0.2, 0.25) is 0 Å². The average Bonchev–Trinajstić information content (AvgIpc) is 2.39. The van der Waals surface area contributed by atoms with Gasteiger partial charge in [-0.2, -0.15) is 8.42 Å². The molecular weight excluding hydrogens is 278 g/mol. The Kier molecular flexibility index (Phi) is 15.3. The van der Waals surface area contributed by atoms with E-state index in [0.717, 1.165) is 13.2 Å². The van der Waals surface area contributed by atoms with Gasteiger partial charge in [-0.1, -0.05) is 40.0 Å². The van der Waals surface area contributed by atoms with E-state index >= 15 is 0 Å². The average molecular weight is 311 g/mol. The summed E-state index contributed by atoms with van der Waals surface area (Å²) in [5, 5.41) is 0. The van der Waals surface area contributed by atoms with Crippen molar-refractivity contribution in [2.45, 2.75) is 72.3 Å². The molecule has 0 aromatic carbocycles. The molecule has 1 atom stereocenters. The molecule has 0 aliphatic heterocycles. The van der Waals surface area contributed by atoms with Crippen LogP contribution >= 0.6 is 0 Å². The summed E-state index contributed by atoms with van der Waals surface area (Å²) >= 11 is 0. The molecule has 1 N–H and O–H groups in total. The standard InChI is InChI=1S/C13H29N.CH4O4S/c1-5-8-11-14(12-9-6-2)13(4)10-7-3;1-5-6(2,3)4/h13H,5-12H2,1-4H3;1H3,(H,2,3,4). The summed E-state index contributed by atoms with van der Waals surface area (Å²) in [4.78, 5) is 2.68. The van der Waals surface area contributed by atoms with E-state index < -0.39 is 10.4 Å². The lowest BCUT2D eigenvalue weighted by atomic mass is 10.1. The second-order valence-electron chi connectivity index (χ2n) is 4.98. The lowest BCUT2D eigenvalue weighted by molar-refractivity contribution is 0.193. The molecule has 0 aliphatic carbocycles. The van der Waals surface area contributed by atoms with Crippen molar-refractivity contribution in [2.75, 3.05) is 20.2 Å². The summed E-state index contributed by atoms with van der Waals surface area (Å²) < 4.78 is 29.7. The summed E-state index contributed by atoms with van der Waals surface area (Å²) in [7, 11) is -3.29. The van der Waals surface area contributed by atoms with E-state index in [-0.39, 0.29) is 0 Å². The van der Waals surface area contributed by atoms with Crippen LogP contribution in [-0.4, -0.2) is 44.1 Å². The van der Waals surface area contributed by atoms with E-state index in [0.29, 0.717) is 0 Å². The Balaban J connectivity index is 0. The van der Waals surface area contributed by atoms with Crippen LogP contribution in [0.1, 0.15) is 66.2 Å². The number of unbranched alkanes of at least 4 members (excludes halogenated alkanes) is 2. The maximum Gasteiger partial charge on any atom is 0.397 e. The molecule has 20 heavy (non-hydrogen) atoms. The zero-order valence-corrected chi connectivity index (χ0v) is 14.6. The molecule has 0 bridgehead atoms. The summed E-state index contributed by atoms with van der Waals surface area (Å²) in [6, 6.07) is 0.790. The van der Waals surface area contributed by atoms with Gasteiger partial charge in [-0.05, 0) is 39.3 Å². The van der Waals surface area contributed by atoms with Crippen molar-refractivity contribution < 1.29 is 17.2 Å². The topological polar surface area (TPSA) is 66.8 Å². The van der Waals surface area contributed by atoms with Gasteiger partial charge in [0.2, 0.25) is 0 Å². The van der Waals surface area contributed by atoms with E-state index in [2.05, 4.69) is 36.8 Å². The number of rotatable bonds is 10. The summed E-state index contributed by atoms with van der Waals surface area (Å²) in [5.41, 5.74) is 0. The van der Waals surface area contributed by atoms with Crippen molar-refractivity contribution in [3.05, 3.63) is 0 Å². The van der Waals surface area contributed by atoms with Crippen LogP contribution in [0.4, 0.5) is 0 Å². The van der Waals surface area contributed by atoms with Crippen molar-refractivity contribution in [3.63, 3.8) is 0 Å². The van der Waals surface area contributed by atoms with Crippen LogP contribution in [0, 0.1) is 0 Å². The third-order valence-electron chi connectivity index (χ3n) is 3.14. The highest BCUT2D eigenvalue weighted by Crippen LogP contribution is 2.09. The monoisotopic (exact) mass is 311 g/mol. The van der Waals surface area contributed by atoms with Gasteiger partial charge in [0, 0.05) is 6.04 Å². The quantitative estimate of drug-likeness (QED) is 0.625. The maximum atomic E-state index is 9.33. The van der Waals surface area contributed by atoms with Gasteiger partial charge in [0.05, 0.1) is 7.11 Å². The van der Waals surface area contributed by atoms with Gasteiger partial charge in [0.15, 0.2) is 0 Å². The molecule has 0 aromatic heterocycles. The van der Waals surface area contributed by atoms with Crippen LogP contribution in [0.15, 0.2) is 0 Å². The highest BCUT2D eigenvalue weighted by atomic mass is 32.3. The second kappa shape index (κ2) is 13.8. The van der Waals surface area contributed by atoms with Crippen molar-refractivity contribution in [1.29, 1.82) is 0 Å². The van der Waals surface area contributed by atoms with Crippen LogP contribution in [0.25, 0.3) is 0 Å². The Morgan fingerprint density at radius 3 is 1.70 bits per heavy atom. The molecule has 0 saturated heterocycles. The lowest BCUT2D eigenvalue weighted by Crippen LogP contribution is -2.34. The first kappa shape index (κ1) is 22.1. The first-order chi connectivity index (χ1) is 9.32. The SMILES string of the molecule is CCCCN(CCCC)C(C)CCC.COS(=O)(=O)O. The van der Waals surface area contributed by atoms with Gasteiger partial charge in [-0.3, -0.25) is 8.74 Å². The van der Waals surface area contributed by atoms with E-state index in [1.54, 1.807) is 0 Å². The minimum absolute atomic E-state index is 0.790. The van der Waals surface area contributed by atoms with Gasteiger partial charge in [0.25, 0.3) is 0 Å². The van der Waals surface area contributed by atoms with Gasteiger partial charge in [-0.15, -0.1) is 0 Å². The highest BCUT2D eigenvalue weighted by molar-refractivity contribution is 7.80. The molecule has 0 fully saturated rings. The molecule has 0 spiro atoms. The van der Waals surface area contributed by atoms with Crippen LogP contribution < -0.4 is 0 Å².